The molecular formula is C14H18O4. The van der Waals surface area contributed by atoms with Crippen LogP contribution in [0.1, 0.15) is 37.6 Å². The molecule has 0 aliphatic carbocycles. The normalized spacial score (nSPS) is 11.1. The molecule has 0 aliphatic heterocycles. The lowest BCUT2D eigenvalue weighted by Gasteiger charge is -2.21. The molecule has 0 radical (unpaired) electrons. The number of Topliss-reactive ketones (excluding diaryl/α,β-unsaturated/α-hetero) is 1. The standard InChI is InChI=1S/C14H18O4/c1-4-18-13(17)14(2,3)9-12(16)10-5-7-11(15)8-6-10/h5-8,15H,4,9H2,1-3H3. The first-order chi connectivity index (χ1) is 8.36. The summed E-state index contributed by atoms with van der Waals surface area (Å²) in [6.45, 7) is 5.40. The SMILES string of the molecule is CCOC(=O)C(C)(C)CC(=O)c1ccc(O)cc1. The van der Waals surface area contributed by atoms with E-state index < -0.39 is 5.41 Å². The molecule has 4 heteroatoms. The van der Waals surface area contributed by atoms with Crippen LogP contribution in [0, 0.1) is 5.41 Å². The Morgan fingerprint density at radius 2 is 1.78 bits per heavy atom. The third kappa shape index (κ3) is 3.58. The molecule has 0 saturated carbocycles. The van der Waals surface area contributed by atoms with Gasteiger partial charge < -0.3 is 9.84 Å². The van der Waals surface area contributed by atoms with E-state index in [9.17, 15) is 9.59 Å². The maximum Gasteiger partial charge on any atom is 0.311 e. The highest BCUT2D eigenvalue weighted by atomic mass is 16.5. The van der Waals surface area contributed by atoms with Crippen molar-refractivity contribution in [1.82, 2.24) is 0 Å². The average molecular weight is 250 g/mol. The van der Waals surface area contributed by atoms with E-state index in [0.29, 0.717) is 12.2 Å². The summed E-state index contributed by atoms with van der Waals surface area (Å²) in [6, 6.07) is 5.98. The fraction of sp³-hybridized carbons (Fsp3) is 0.429. The van der Waals surface area contributed by atoms with Gasteiger partial charge in [0.05, 0.1) is 12.0 Å². The van der Waals surface area contributed by atoms with Crippen LogP contribution in [0.5, 0.6) is 5.75 Å². The number of phenols is 1. The smallest absolute Gasteiger partial charge is 0.311 e. The first-order valence-electron chi connectivity index (χ1n) is 5.86. The molecule has 0 atom stereocenters. The molecule has 1 N–H and O–H groups in total. The van der Waals surface area contributed by atoms with Crippen molar-refractivity contribution in [2.75, 3.05) is 6.61 Å². The number of carbonyl (C=O) groups excluding carboxylic acids is 2. The van der Waals surface area contributed by atoms with Crippen LogP contribution in [-0.4, -0.2) is 23.5 Å². The van der Waals surface area contributed by atoms with Gasteiger partial charge in [-0.3, -0.25) is 9.59 Å². The van der Waals surface area contributed by atoms with Crippen molar-refractivity contribution in [2.24, 2.45) is 5.41 Å². The molecule has 0 aliphatic rings. The Hall–Kier alpha value is -1.84. The molecule has 0 spiro atoms. The molecule has 1 rings (SSSR count). The second-order valence-corrected chi connectivity index (χ2v) is 4.75. The minimum Gasteiger partial charge on any atom is -0.508 e. The van der Waals surface area contributed by atoms with Crippen molar-refractivity contribution in [1.29, 1.82) is 0 Å². The predicted octanol–water partition coefficient (Wildman–Crippen LogP) is 2.55. The lowest BCUT2D eigenvalue weighted by atomic mass is 9.85. The zero-order valence-electron chi connectivity index (χ0n) is 10.9. The molecule has 0 fully saturated rings. The van der Waals surface area contributed by atoms with E-state index in [1.165, 1.54) is 12.1 Å². The highest BCUT2D eigenvalue weighted by molar-refractivity contribution is 5.98. The fourth-order valence-corrected chi connectivity index (χ4v) is 1.55. The Kier molecular flexibility index (Phi) is 4.48. The summed E-state index contributed by atoms with van der Waals surface area (Å²) in [7, 11) is 0. The number of ketones is 1. The van der Waals surface area contributed by atoms with Crippen LogP contribution in [0.3, 0.4) is 0 Å². The molecule has 0 bridgehead atoms. The van der Waals surface area contributed by atoms with Gasteiger partial charge in [-0.2, -0.15) is 0 Å². The highest BCUT2D eigenvalue weighted by Crippen LogP contribution is 2.25. The van der Waals surface area contributed by atoms with Crippen LogP contribution in [0.4, 0.5) is 0 Å². The maximum atomic E-state index is 12.0. The summed E-state index contributed by atoms with van der Waals surface area (Å²) >= 11 is 0. The zero-order valence-corrected chi connectivity index (χ0v) is 10.9. The van der Waals surface area contributed by atoms with Crippen molar-refractivity contribution in [3.05, 3.63) is 29.8 Å². The third-order valence-electron chi connectivity index (χ3n) is 2.62. The number of aromatic hydroxyl groups is 1. The van der Waals surface area contributed by atoms with Gasteiger partial charge in [-0.15, -0.1) is 0 Å². The molecule has 1 aromatic rings. The van der Waals surface area contributed by atoms with Crippen molar-refractivity contribution in [3.63, 3.8) is 0 Å². The summed E-state index contributed by atoms with van der Waals surface area (Å²) in [5.74, 6) is -0.415. The molecule has 0 heterocycles. The first kappa shape index (κ1) is 14.2. The van der Waals surface area contributed by atoms with Crippen molar-refractivity contribution < 1.29 is 19.4 Å². The molecule has 1 aromatic carbocycles. The van der Waals surface area contributed by atoms with E-state index in [0.717, 1.165) is 0 Å². The van der Waals surface area contributed by atoms with E-state index in [-0.39, 0.29) is 23.9 Å². The van der Waals surface area contributed by atoms with Crippen LogP contribution in [0.15, 0.2) is 24.3 Å². The minimum absolute atomic E-state index is 0.0800. The third-order valence-corrected chi connectivity index (χ3v) is 2.62. The van der Waals surface area contributed by atoms with Gasteiger partial charge in [0.25, 0.3) is 0 Å². The molecular weight excluding hydrogens is 232 g/mol. The van der Waals surface area contributed by atoms with Gasteiger partial charge in [0, 0.05) is 12.0 Å². The molecule has 98 valence electrons. The summed E-state index contributed by atoms with van der Waals surface area (Å²) in [5, 5.41) is 9.14. The first-order valence-corrected chi connectivity index (χ1v) is 5.86. The predicted molar refractivity (Wildman–Crippen MR) is 67.5 cm³/mol. The Morgan fingerprint density at radius 1 is 1.22 bits per heavy atom. The van der Waals surface area contributed by atoms with E-state index in [1.54, 1.807) is 32.9 Å². The monoisotopic (exact) mass is 250 g/mol. The van der Waals surface area contributed by atoms with Gasteiger partial charge in [-0.1, -0.05) is 0 Å². The minimum atomic E-state index is -0.842. The van der Waals surface area contributed by atoms with Crippen LogP contribution in [0.2, 0.25) is 0 Å². The Bertz CT molecular complexity index is 432. The van der Waals surface area contributed by atoms with Gasteiger partial charge >= 0.3 is 5.97 Å². The second kappa shape index (κ2) is 5.67. The Labute approximate surface area is 107 Å². The van der Waals surface area contributed by atoms with Gasteiger partial charge in [0.1, 0.15) is 5.75 Å². The summed E-state index contributed by atoms with van der Waals surface area (Å²) < 4.78 is 4.93. The number of esters is 1. The Balaban J connectivity index is 2.75. The number of carbonyl (C=O) groups is 2. The van der Waals surface area contributed by atoms with Crippen molar-refractivity contribution >= 4 is 11.8 Å². The van der Waals surface area contributed by atoms with E-state index in [4.69, 9.17) is 9.84 Å². The summed E-state index contributed by atoms with van der Waals surface area (Å²) in [6.07, 6.45) is 0.0800. The number of hydrogen-bond donors (Lipinski definition) is 1. The lowest BCUT2D eigenvalue weighted by Crippen LogP contribution is -2.29. The van der Waals surface area contributed by atoms with Crippen LogP contribution < -0.4 is 0 Å². The van der Waals surface area contributed by atoms with Crippen molar-refractivity contribution in [2.45, 2.75) is 27.2 Å². The Morgan fingerprint density at radius 3 is 2.28 bits per heavy atom. The van der Waals surface area contributed by atoms with Crippen molar-refractivity contribution in [3.8, 4) is 5.75 Å². The number of rotatable bonds is 5. The lowest BCUT2D eigenvalue weighted by molar-refractivity contribution is -0.153. The number of ether oxygens (including phenoxy) is 1. The fourth-order valence-electron chi connectivity index (χ4n) is 1.55. The van der Waals surface area contributed by atoms with E-state index in [2.05, 4.69) is 0 Å². The molecule has 0 unspecified atom stereocenters. The van der Waals surface area contributed by atoms with Crippen LogP contribution in [-0.2, 0) is 9.53 Å². The average Bonchev–Trinajstić information content (AvgIpc) is 2.29. The van der Waals surface area contributed by atoms with Gasteiger partial charge in [-0.05, 0) is 45.0 Å². The molecule has 18 heavy (non-hydrogen) atoms. The van der Waals surface area contributed by atoms with Gasteiger partial charge in [-0.25, -0.2) is 0 Å². The second-order valence-electron chi connectivity index (χ2n) is 4.75. The number of hydrogen-bond acceptors (Lipinski definition) is 4. The number of benzene rings is 1. The summed E-state index contributed by atoms with van der Waals surface area (Å²) in [4.78, 5) is 23.7. The van der Waals surface area contributed by atoms with Gasteiger partial charge in [0.15, 0.2) is 5.78 Å². The van der Waals surface area contributed by atoms with E-state index in [1.807, 2.05) is 0 Å². The molecule has 0 amide bonds. The molecule has 4 nitrogen and oxygen atoms in total. The molecule has 0 aromatic heterocycles. The quantitative estimate of drug-likeness (QED) is 0.644. The largest absolute Gasteiger partial charge is 0.508 e. The maximum absolute atomic E-state index is 12.0. The number of phenolic OH excluding ortho intramolecular Hbond substituents is 1. The zero-order chi connectivity index (χ0) is 13.8. The van der Waals surface area contributed by atoms with Crippen LogP contribution >= 0.6 is 0 Å². The highest BCUT2D eigenvalue weighted by Gasteiger charge is 2.32. The van der Waals surface area contributed by atoms with E-state index >= 15 is 0 Å². The van der Waals surface area contributed by atoms with Crippen LogP contribution in [0.25, 0.3) is 0 Å². The van der Waals surface area contributed by atoms with Gasteiger partial charge in [0.2, 0.25) is 0 Å². The molecule has 0 saturated heterocycles. The summed E-state index contributed by atoms with van der Waals surface area (Å²) in [5.41, 5.74) is -0.365. The topological polar surface area (TPSA) is 63.6 Å².